The Morgan fingerprint density at radius 1 is 0.680 bits per heavy atom. The van der Waals surface area contributed by atoms with Gasteiger partial charge in [0.1, 0.15) is 0 Å². The third kappa shape index (κ3) is 2.38. The van der Waals surface area contributed by atoms with Crippen LogP contribution in [0.5, 0.6) is 0 Å². The van der Waals surface area contributed by atoms with Crippen LogP contribution in [0, 0.1) is 13.8 Å². The van der Waals surface area contributed by atoms with Gasteiger partial charge in [-0.05, 0) is 51.3 Å². The lowest BCUT2D eigenvalue weighted by Crippen LogP contribution is -2.22. The molecule has 0 saturated carbocycles. The molecule has 0 saturated heterocycles. The SMILES string of the molecule is Cc1ccc2c3cccc(-c4ccccc4)c3n(C(C)(C)C)c2c1C. The van der Waals surface area contributed by atoms with Crippen molar-refractivity contribution in [2.24, 2.45) is 0 Å². The van der Waals surface area contributed by atoms with Gasteiger partial charge in [0.15, 0.2) is 0 Å². The first kappa shape index (κ1) is 16.0. The van der Waals surface area contributed by atoms with E-state index in [1.54, 1.807) is 0 Å². The average Bonchev–Trinajstić information content (AvgIpc) is 2.94. The molecule has 0 unspecified atom stereocenters. The third-order valence-corrected chi connectivity index (χ3v) is 5.23. The number of aromatic nitrogens is 1. The molecule has 1 aromatic heterocycles. The van der Waals surface area contributed by atoms with Crippen LogP contribution in [-0.2, 0) is 5.54 Å². The van der Waals surface area contributed by atoms with Crippen LogP contribution in [0.4, 0.5) is 0 Å². The smallest absolute Gasteiger partial charge is 0.0576 e. The summed E-state index contributed by atoms with van der Waals surface area (Å²) in [5.74, 6) is 0. The topological polar surface area (TPSA) is 4.93 Å². The van der Waals surface area contributed by atoms with Crippen LogP contribution in [0.3, 0.4) is 0 Å². The average molecular weight is 327 g/mol. The van der Waals surface area contributed by atoms with E-state index < -0.39 is 0 Å². The molecule has 0 bridgehead atoms. The predicted octanol–water partition coefficient (Wildman–Crippen LogP) is 6.83. The highest BCUT2D eigenvalue weighted by Gasteiger charge is 2.24. The van der Waals surface area contributed by atoms with Crippen molar-refractivity contribution in [2.45, 2.75) is 40.2 Å². The lowest BCUT2D eigenvalue weighted by Gasteiger charge is -2.26. The Labute approximate surface area is 149 Å². The maximum atomic E-state index is 2.54. The molecule has 0 aliphatic rings. The minimum atomic E-state index is 0.00341. The van der Waals surface area contributed by atoms with Gasteiger partial charge >= 0.3 is 0 Å². The Morgan fingerprint density at radius 3 is 2.04 bits per heavy atom. The Balaban J connectivity index is 2.27. The zero-order valence-corrected chi connectivity index (χ0v) is 15.7. The van der Waals surface area contributed by atoms with Crippen molar-refractivity contribution in [1.29, 1.82) is 0 Å². The minimum absolute atomic E-state index is 0.00341. The van der Waals surface area contributed by atoms with Crippen LogP contribution >= 0.6 is 0 Å². The van der Waals surface area contributed by atoms with Crippen molar-refractivity contribution >= 4 is 21.8 Å². The van der Waals surface area contributed by atoms with Gasteiger partial charge in [-0.1, -0.05) is 60.7 Å². The molecule has 0 fully saturated rings. The minimum Gasteiger partial charge on any atom is -0.334 e. The summed E-state index contributed by atoms with van der Waals surface area (Å²) in [7, 11) is 0. The predicted molar refractivity (Wildman–Crippen MR) is 109 cm³/mol. The molecular weight excluding hydrogens is 302 g/mol. The largest absolute Gasteiger partial charge is 0.334 e. The van der Waals surface area contributed by atoms with Gasteiger partial charge in [0, 0.05) is 21.9 Å². The summed E-state index contributed by atoms with van der Waals surface area (Å²) in [4.78, 5) is 0. The number of hydrogen-bond donors (Lipinski definition) is 0. The Kier molecular flexibility index (Phi) is 3.50. The molecule has 0 aliphatic heterocycles. The van der Waals surface area contributed by atoms with E-state index in [1.165, 1.54) is 44.1 Å². The highest BCUT2D eigenvalue weighted by Crippen LogP contribution is 2.40. The maximum Gasteiger partial charge on any atom is 0.0576 e. The lowest BCUT2D eigenvalue weighted by molar-refractivity contribution is 0.423. The fraction of sp³-hybridized carbons (Fsp3) is 0.250. The Hall–Kier alpha value is -2.54. The van der Waals surface area contributed by atoms with E-state index in [-0.39, 0.29) is 5.54 Å². The summed E-state index contributed by atoms with van der Waals surface area (Å²) in [5, 5.41) is 2.69. The van der Waals surface area contributed by atoms with Gasteiger partial charge in [-0.3, -0.25) is 0 Å². The number of nitrogens with zero attached hydrogens (tertiary/aromatic N) is 1. The molecule has 1 heteroatoms. The highest BCUT2D eigenvalue weighted by molar-refractivity contribution is 6.13. The van der Waals surface area contributed by atoms with E-state index in [4.69, 9.17) is 0 Å². The van der Waals surface area contributed by atoms with Crippen LogP contribution in [0.1, 0.15) is 31.9 Å². The first-order valence-corrected chi connectivity index (χ1v) is 8.99. The fourth-order valence-electron chi connectivity index (χ4n) is 3.94. The number of fused-ring (bicyclic) bond motifs is 3. The van der Waals surface area contributed by atoms with Crippen molar-refractivity contribution in [3.63, 3.8) is 0 Å². The van der Waals surface area contributed by atoms with E-state index in [1.807, 2.05) is 0 Å². The fourth-order valence-corrected chi connectivity index (χ4v) is 3.94. The molecule has 126 valence electrons. The molecule has 4 aromatic rings. The molecule has 4 rings (SSSR count). The summed E-state index contributed by atoms with van der Waals surface area (Å²) in [6.07, 6.45) is 0. The normalized spacial score (nSPS) is 12.2. The van der Waals surface area contributed by atoms with Crippen LogP contribution in [0.2, 0.25) is 0 Å². The van der Waals surface area contributed by atoms with E-state index in [2.05, 4.69) is 99.8 Å². The molecule has 25 heavy (non-hydrogen) atoms. The molecule has 0 radical (unpaired) electrons. The number of rotatable bonds is 1. The van der Waals surface area contributed by atoms with E-state index >= 15 is 0 Å². The monoisotopic (exact) mass is 327 g/mol. The summed E-state index contributed by atoms with van der Waals surface area (Å²) in [6, 6.07) is 22.0. The second-order valence-electron chi connectivity index (χ2n) is 7.98. The van der Waals surface area contributed by atoms with Crippen LogP contribution in [0.25, 0.3) is 32.9 Å². The molecule has 0 aliphatic carbocycles. The van der Waals surface area contributed by atoms with Crippen molar-refractivity contribution in [2.75, 3.05) is 0 Å². The van der Waals surface area contributed by atoms with E-state index in [9.17, 15) is 0 Å². The van der Waals surface area contributed by atoms with Gasteiger partial charge in [0.25, 0.3) is 0 Å². The number of para-hydroxylation sites is 1. The van der Waals surface area contributed by atoms with Crippen LogP contribution in [0.15, 0.2) is 60.7 Å². The standard InChI is InChI=1S/C24H25N/c1-16-14-15-21-20-13-9-12-19(18-10-7-6-8-11-18)23(20)25(24(3,4)5)22(21)17(16)2/h6-15H,1-5H3. The Bertz CT molecular complexity index is 1080. The van der Waals surface area contributed by atoms with Crippen LogP contribution < -0.4 is 0 Å². The molecule has 3 aromatic carbocycles. The lowest BCUT2D eigenvalue weighted by atomic mass is 10.0. The summed E-state index contributed by atoms with van der Waals surface area (Å²) in [6.45, 7) is 11.4. The number of benzene rings is 3. The molecule has 0 atom stereocenters. The first-order chi connectivity index (χ1) is 11.9. The maximum absolute atomic E-state index is 2.54. The highest BCUT2D eigenvalue weighted by atomic mass is 15.1. The van der Waals surface area contributed by atoms with Gasteiger partial charge in [0.05, 0.1) is 11.0 Å². The van der Waals surface area contributed by atoms with Crippen molar-refractivity contribution in [3.05, 3.63) is 71.8 Å². The zero-order valence-electron chi connectivity index (χ0n) is 15.7. The van der Waals surface area contributed by atoms with E-state index in [0.717, 1.165) is 0 Å². The molecule has 0 spiro atoms. The third-order valence-electron chi connectivity index (χ3n) is 5.23. The zero-order chi connectivity index (χ0) is 17.8. The quantitative estimate of drug-likeness (QED) is 0.361. The molecule has 1 nitrogen and oxygen atoms in total. The van der Waals surface area contributed by atoms with Crippen molar-refractivity contribution in [3.8, 4) is 11.1 Å². The van der Waals surface area contributed by atoms with Crippen LogP contribution in [-0.4, -0.2) is 4.57 Å². The van der Waals surface area contributed by atoms with Gasteiger partial charge in [-0.2, -0.15) is 0 Å². The molecular formula is C24H25N. The van der Waals surface area contributed by atoms with Gasteiger partial charge < -0.3 is 4.57 Å². The van der Waals surface area contributed by atoms with Gasteiger partial charge in [0.2, 0.25) is 0 Å². The molecule has 1 heterocycles. The van der Waals surface area contributed by atoms with Gasteiger partial charge in [-0.25, -0.2) is 0 Å². The number of hydrogen-bond acceptors (Lipinski definition) is 0. The second-order valence-corrected chi connectivity index (χ2v) is 7.98. The molecule has 0 amide bonds. The van der Waals surface area contributed by atoms with E-state index in [0.29, 0.717) is 0 Å². The van der Waals surface area contributed by atoms with Gasteiger partial charge in [-0.15, -0.1) is 0 Å². The van der Waals surface area contributed by atoms with Crippen molar-refractivity contribution < 1.29 is 0 Å². The molecule has 0 N–H and O–H groups in total. The summed E-state index contributed by atoms with van der Waals surface area (Å²) >= 11 is 0. The summed E-state index contributed by atoms with van der Waals surface area (Å²) in [5.41, 5.74) is 8.02. The summed E-state index contributed by atoms with van der Waals surface area (Å²) < 4.78 is 2.54. The Morgan fingerprint density at radius 2 is 1.36 bits per heavy atom. The number of aryl methyl sites for hydroxylation is 2. The van der Waals surface area contributed by atoms with Crippen molar-refractivity contribution in [1.82, 2.24) is 4.57 Å². The second kappa shape index (κ2) is 5.49. The first-order valence-electron chi connectivity index (χ1n) is 8.99.